The van der Waals surface area contributed by atoms with Crippen molar-refractivity contribution in [1.82, 2.24) is 23.8 Å². The molecule has 4 N–H and O–H groups in total. The van der Waals surface area contributed by atoms with Crippen LogP contribution < -0.4 is 16.5 Å². The number of hydrogen-bond donors (Lipinski definition) is 2. The summed E-state index contributed by atoms with van der Waals surface area (Å²) in [5.74, 6) is 7.57. The lowest BCUT2D eigenvalue weighted by molar-refractivity contribution is 0.0619. The molecular weight excluding hydrogens is 476 g/mol. The van der Waals surface area contributed by atoms with Crippen molar-refractivity contribution in [1.29, 1.82) is 0 Å². The second-order valence-corrected chi connectivity index (χ2v) is 11.1. The summed E-state index contributed by atoms with van der Waals surface area (Å²) in [4.78, 5) is 12.3. The quantitative estimate of drug-likeness (QED) is 0.289. The van der Waals surface area contributed by atoms with E-state index in [4.69, 9.17) is 26.3 Å². The monoisotopic (exact) mass is 512 g/mol. The van der Waals surface area contributed by atoms with E-state index in [0.29, 0.717) is 11.6 Å². The van der Waals surface area contributed by atoms with Crippen molar-refractivity contribution in [3.8, 4) is 0 Å². The predicted molar refractivity (Wildman–Crippen MR) is 145 cm³/mol. The molecule has 194 valence electrons. The largest absolute Gasteiger partial charge is 0.598 e. The molecule has 11 heteroatoms. The minimum absolute atomic E-state index is 0.512. The Labute approximate surface area is 215 Å². The Hall–Kier alpha value is -2.57. The number of aromatic nitrogens is 3. The molecular formula is C25H36N8O2S. The average Bonchev–Trinajstić information content (AvgIpc) is 3.16. The molecule has 0 saturated carbocycles. The summed E-state index contributed by atoms with van der Waals surface area (Å²) >= 11 is -0.939. The van der Waals surface area contributed by atoms with Crippen LogP contribution >= 0.6 is 0 Å². The maximum Gasteiger partial charge on any atom is 0.145 e. The van der Waals surface area contributed by atoms with Crippen LogP contribution in [-0.4, -0.2) is 81.1 Å². The predicted octanol–water partition coefficient (Wildman–Crippen LogP) is 1.88. The smallest absolute Gasteiger partial charge is 0.145 e. The molecule has 0 spiro atoms. The van der Waals surface area contributed by atoms with Gasteiger partial charge in [0.15, 0.2) is 0 Å². The highest BCUT2D eigenvalue weighted by molar-refractivity contribution is 7.88. The molecule has 2 fully saturated rings. The Morgan fingerprint density at radius 2 is 1.94 bits per heavy atom. The first-order chi connectivity index (χ1) is 17.3. The maximum absolute atomic E-state index is 11.9. The van der Waals surface area contributed by atoms with E-state index in [-0.39, 0.29) is 0 Å². The number of fused-ring (bicyclic) bond motifs is 3. The van der Waals surface area contributed by atoms with Crippen LogP contribution in [0.3, 0.4) is 0 Å². The zero-order chi connectivity index (χ0) is 25.4. The summed E-state index contributed by atoms with van der Waals surface area (Å²) in [6.07, 6.45) is 5.64. The van der Waals surface area contributed by atoms with E-state index in [2.05, 4.69) is 27.7 Å². The van der Waals surface area contributed by atoms with Crippen molar-refractivity contribution in [2.24, 2.45) is 17.5 Å². The molecule has 1 atom stereocenters. The molecule has 36 heavy (non-hydrogen) atoms. The van der Waals surface area contributed by atoms with Crippen LogP contribution in [0, 0.1) is 5.92 Å². The van der Waals surface area contributed by atoms with Crippen LogP contribution in [0.5, 0.6) is 0 Å². The van der Waals surface area contributed by atoms with Gasteiger partial charge in [-0.15, -0.1) is 4.31 Å². The molecule has 0 aliphatic carbocycles. The number of ether oxygens (including phenoxy) is 1. The Morgan fingerprint density at radius 1 is 1.22 bits per heavy atom. The van der Waals surface area contributed by atoms with Gasteiger partial charge in [0.05, 0.1) is 29.8 Å². The first-order valence-corrected chi connectivity index (χ1v) is 14.0. The summed E-state index contributed by atoms with van der Waals surface area (Å²) in [5, 5.41) is 2.58. The molecule has 1 unspecified atom stereocenters. The highest BCUT2D eigenvalue weighted by atomic mass is 32.2. The molecule has 0 bridgehead atoms. The van der Waals surface area contributed by atoms with E-state index in [1.165, 1.54) is 0 Å². The summed E-state index contributed by atoms with van der Waals surface area (Å²) in [6, 6.07) is 6.35. The number of hydrazine groups is 1. The van der Waals surface area contributed by atoms with Gasteiger partial charge >= 0.3 is 0 Å². The second kappa shape index (κ2) is 10.4. The molecule has 0 radical (unpaired) electrons. The zero-order valence-corrected chi connectivity index (χ0v) is 22.1. The van der Waals surface area contributed by atoms with Crippen molar-refractivity contribution in [3.05, 3.63) is 35.7 Å². The van der Waals surface area contributed by atoms with E-state index in [9.17, 15) is 4.55 Å². The fourth-order valence-electron chi connectivity index (χ4n) is 5.37. The summed E-state index contributed by atoms with van der Waals surface area (Å²) in [5.41, 5.74) is 11.4. The second-order valence-electron chi connectivity index (χ2n) is 9.78. The van der Waals surface area contributed by atoms with Gasteiger partial charge in [-0.05, 0) is 43.9 Å². The van der Waals surface area contributed by atoms with E-state index in [0.717, 1.165) is 97.9 Å². The molecule has 0 amide bonds. The molecule has 10 nitrogen and oxygen atoms in total. The van der Waals surface area contributed by atoms with Crippen molar-refractivity contribution < 1.29 is 9.29 Å². The first kappa shape index (κ1) is 25.1. The lowest BCUT2D eigenvalue weighted by atomic mass is 10.0. The summed E-state index contributed by atoms with van der Waals surface area (Å²) in [7, 11) is 1.79. The Kier molecular flexibility index (Phi) is 7.27. The summed E-state index contributed by atoms with van der Waals surface area (Å²) in [6.45, 7) is 7.42. The Balaban J connectivity index is 1.60. The number of nitrogens with zero attached hydrogens (tertiary/aromatic N) is 6. The third kappa shape index (κ3) is 4.85. The molecule has 0 aromatic carbocycles. The SMILES string of the molecule is C/C(N)=C(\c1cnc2c3ccc(N4CCN([S+](C)[O-])CC4)nc3n(CC3CCOCC3)c2c1)N(C)N. The zero-order valence-electron chi connectivity index (χ0n) is 21.3. The lowest BCUT2D eigenvalue weighted by Crippen LogP contribution is -2.48. The van der Waals surface area contributed by atoms with Crippen molar-refractivity contribution >= 4 is 44.9 Å². The van der Waals surface area contributed by atoms with Crippen LogP contribution in [0.4, 0.5) is 5.82 Å². The first-order valence-electron chi connectivity index (χ1n) is 12.5. The maximum atomic E-state index is 11.9. The van der Waals surface area contributed by atoms with Crippen molar-refractivity contribution in [2.75, 3.05) is 57.6 Å². The molecule has 3 aromatic heterocycles. The van der Waals surface area contributed by atoms with Gasteiger partial charge in [0.2, 0.25) is 0 Å². The lowest BCUT2D eigenvalue weighted by Gasteiger charge is -2.34. The number of nitrogens with two attached hydrogens (primary N) is 2. The van der Waals surface area contributed by atoms with Gasteiger partial charge in [0.25, 0.3) is 0 Å². The van der Waals surface area contributed by atoms with Gasteiger partial charge in [0, 0.05) is 74.1 Å². The molecule has 5 rings (SSSR count). The fraction of sp³-hybridized carbons (Fsp3) is 0.520. The minimum Gasteiger partial charge on any atom is -0.598 e. The van der Waals surface area contributed by atoms with Crippen LogP contribution in [0.2, 0.25) is 0 Å². The topological polar surface area (TPSA) is 125 Å². The van der Waals surface area contributed by atoms with E-state index in [1.807, 2.05) is 17.4 Å². The third-order valence-corrected chi connectivity index (χ3v) is 8.33. The van der Waals surface area contributed by atoms with Crippen LogP contribution in [0.25, 0.3) is 27.8 Å². The summed E-state index contributed by atoms with van der Waals surface area (Å²) < 4.78 is 21.8. The van der Waals surface area contributed by atoms with Crippen LogP contribution in [-0.2, 0) is 22.6 Å². The molecule has 2 aliphatic rings. The highest BCUT2D eigenvalue weighted by Gasteiger charge is 2.25. The Morgan fingerprint density at radius 3 is 2.58 bits per heavy atom. The van der Waals surface area contributed by atoms with Gasteiger partial charge in [-0.1, -0.05) is 0 Å². The average molecular weight is 513 g/mol. The van der Waals surface area contributed by atoms with Crippen LogP contribution in [0.1, 0.15) is 25.3 Å². The van der Waals surface area contributed by atoms with E-state index < -0.39 is 11.4 Å². The number of piperazine rings is 1. The van der Waals surface area contributed by atoms with E-state index in [1.54, 1.807) is 18.3 Å². The third-order valence-electron chi connectivity index (χ3n) is 7.24. The van der Waals surface area contributed by atoms with Gasteiger partial charge in [-0.2, -0.15) is 0 Å². The van der Waals surface area contributed by atoms with Crippen molar-refractivity contribution in [3.63, 3.8) is 0 Å². The van der Waals surface area contributed by atoms with E-state index >= 15 is 0 Å². The number of anilines is 1. The van der Waals surface area contributed by atoms with Gasteiger partial charge in [-0.25, -0.2) is 10.8 Å². The minimum atomic E-state index is -0.939. The van der Waals surface area contributed by atoms with Crippen molar-refractivity contribution in [2.45, 2.75) is 26.3 Å². The number of pyridine rings is 2. The number of rotatable bonds is 6. The number of hydrogen-bond acceptors (Lipinski definition) is 9. The molecule has 3 aromatic rings. The standard InChI is InChI=1S/C25H36N8O2S/c1-17(26)24(30(2)27)19-14-21-23(28-15-19)20-4-5-22(31-8-10-32(11-9-31)36(3)34)29-25(20)33(21)16-18-6-12-35-13-7-18/h4-5,14-15,18H,6-13,16,26-27H2,1-3H3/b24-17-. The van der Waals surface area contributed by atoms with Gasteiger partial charge in [0.1, 0.15) is 17.7 Å². The molecule has 5 heterocycles. The normalized spacial score (nSPS) is 19.6. The number of allylic oxidation sites excluding steroid dienone is 1. The van der Waals surface area contributed by atoms with Gasteiger partial charge in [-0.3, -0.25) is 4.98 Å². The molecule has 2 aliphatic heterocycles. The van der Waals surface area contributed by atoms with Gasteiger partial charge < -0.3 is 29.5 Å². The van der Waals surface area contributed by atoms with Crippen LogP contribution in [0.15, 0.2) is 30.1 Å². The fourth-order valence-corrected chi connectivity index (χ4v) is 6.05. The Bertz CT molecular complexity index is 1260. The highest BCUT2D eigenvalue weighted by Crippen LogP contribution is 2.33. The molecule has 2 saturated heterocycles.